The van der Waals surface area contributed by atoms with Crippen molar-refractivity contribution in [3.63, 3.8) is 0 Å². The van der Waals surface area contributed by atoms with Crippen molar-refractivity contribution in [2.24, 2.45) is 0 Å². The quantitative estimate of drug-likeness (QED) is 0.616. The molecular formula is C17H13Cl2NO. The first-order chi connectivity index (χ1) is 10.0. The van der Waals surface area contributed by atoms with E-state index in [-0.39, 0.29) is 0 Å². The Hall–Kier alpha value is -1.77. The largest absolute Gasteiger partial charge is 0.354 e. The number of hydrogen-bond donors (Lipinski definition) is 1. The van der Waals surface area contributed by atoms with Gasteiger partial charge >= 0.3 is 0 Å². The molecule has 0 radical (unpaired) electrons. The van der Waals surface area contributed by atoms with E-state index in [0.717, 1.165) is 39.6 Å². The van der Waals surface area contributed by atoms with E-state index < -0.39 is 0 Å². The highest BCUT2D eigenvalue weighted by Gasteiger charge is 2.15. The van der Waals surface area contributed by atoms with Gasteiger partial charge in [-0.3, -0.25) is 4.79 Å². The van der Waals surface area contributed by atoms with Crippen molar-refractivity contribution in [1.29, 1.82) is 0 Å². The minimum absolute atomic E-state index is 0.470. The summed E-state index contributed by atoms with van der Waals surface area (Å²) in [5.74, 6) is 0. The number of hydrogen-bond acceptors (Lipinski definition) is 1. The van der Waals surface area contributed by atoms with E-state index in [2.05, 4.69) is 11.1 Å². The normalized spacial score (nSPS) is 11.0. The van der Waals surface area contributed by atoms with Gasteiger partial charge in [0.1, 0.15) is 0 Å². The number of benzene rings is 2. The van der Waals surface area contributed by atoms with E-state index in [1.54, 1.807) is 12.1 Å². The molecule has 0 spiro atoms. The van der Waals surface area contributed by atoms with Crippen molar-refractivity contribution >= 4 is 40.4 Å². The van der Waals surface area contributed by atoms with Crippen LogP contribution in [0.5, 0.6) is 0 Å². The average Bonchev–Trinajstić information content (AvgIpc) is 2.80. The Morgan fingerprint density at radius 1 is 1.05 bits per heavy atom. The molecule has 3 aromatic rings. The van der Waals surface area contributed by atoms with Crippen LogP contribution in [0.2, 0.25) is 10.0 Å². The van der Waals surface area contributed by atoms with Gasteiger partial charge in [-0.15, -0.1) is 0 Å². The summed E-state index contributed by atoms with van der Waals surface area (Å²) >= 11 is 12.0. The minimum atomic E-state index is 0.470. The molecule has 0 fully saturated rings. The first-order valence-electron chi connectivity index (χ1n) is 6.55. The molecule has 0 aliphatic rings. The second-order valence-corrected chi connectivity index (χ2v) is 5.98. The second kappa shape index (κ2) is 5.21. The molecule has 3 rings (SSSR count). The van der Waals surface area contributed by atoms with Gasteiger partial charge < -0.3 is 4.98 Å². The maximum absolute atomic E-state index is 11.6. The van der Waals surface area contributed by atoms with Crippen LogP contribution in [0, 0.1) is 13.8 Å². The summed E-state index contributed by atoms with van der Waals surface area (Å²) in [7, 11) is 0. The summed E-state index contributed by atoms with van der Waals surface area (Å²) in [6.07, 6.45) is 0.884. The summed E-state index contributed by atoms with van der Waals surface area (Å²) in [4.78, 5) is 14.9. The number of carbonyl (C=O) groups is 1. The van der Waals surface area contributed by atoms with Gasteiger partial charge in [0.05, 0.1) is 15.7 Å². The third-order valence-corrected chi connectivity index (χ3v) is 4.35. The Balaban J connectivity index is 2.34. The first-order valence-corrected chi connectivity index (χ1v) is 7.30. The predicted molar refractivity (Wildman–Crippen MR) is 88.6 cm³/mol. The Bertz CT molecular complexity index is 865. The molecule has 106 valence electrons. The van der Waals surface area contributed by atoms with Crippen molar-refractivity contribution < 1.29 is 4.79 Å². The van der Waals surface area contributed by atoms with Crippen molar-refractivity contribution in [2.75, 3.05) is 0 Å². The van der Waals surface area contributed by atoms with Crippen LogP contribution in [0.1, 0.15) is 21.5 Å². The summed E-state index contributed by atoms with van der Waals surface area (Å²) in [5, 5.41) is 1.90. The van der Waals surface area contributed by atoms with Gasteiger partial charge in [-0.2, -0.15) is 0 Å². The van der Waals surface area contributed by atoms with Gasteiger partial charge in [0, 0.05) is 22.0 Å². The third-order valence-electron chi connectivity index (χ3n) is 3.62. The molecule has 0 saturated carbocycles. The Morgan fingerprint density at radius 2 is 1.81 bits per heavy atom. The standard InChI is InChI=1S/C17H13Cl2NO/c1-9-5-10(2)16-12(6-9)13(8-21)17(20-16)11-3-4-14(18)15(19)7-11/h3-8,20H,1-2H3. The molecule has 0 aliphatic heterocycles. The SMILES string of the molecule is Cc1cc(C)c2[nH]c(-c3ccc(Cl)c(Cl)c3)c(C=O)c2c1. The molecule has 21 heavy (non-hydrogen) atoms. The van der Waals surface area contributed by atoms with E-state index in [1.165, 1.54) is 0 Å². The summed E-state index contributed by atoms with van der Waals surface area (Å²) in [6.45, 7) is 4.05. The molecule has 1 aromatic heterocycles. The number of fused-ring (bicyclic) bond motifs is 1. The van der Waals surface area contributed by atoms with Crippen molar-refractivity contribution in [3.05, 3.63) is 57.1 Å². The molecule has 4 heteroatoms. The fourth-order valence-electron chi connectivity index (χ4n) is 2.67. The van der Waals surface area contributed by atoms with E-state index >= 15 is 0 Å². The van der Waals surface area contributed by atoms with E-state index in [9.17, 15) is 4.79 Å². The topological polar surface area (TPSA) is 32.9 Å². The number of H-pyrrole nitrogens is 1. The van der Waals surface area contributed by atoms with Crippen LogP contribution in [0.25, 0.3) is 22.2 Å². The van der Waals surface area contributed by atoms with Gasteiger partial charge in [0.2, 0.25) is 0 Å². The maximum Gasteiger partial charge on any atom is 0.152 e. The lowest BCUT2D eigenvalue weighted by Crippen LogP contribution is -1.85. The molecule has 0 amide bonds. The zero-order valence-electron chi connectivity index (χ0n) is 11.6. The van der Waals surface area contributed by atoms with E-state index in [4.69, 9.17) is 23.2 Å². The number of nitrogens with one attached hydrogen (secondary N) is 1. The van der Waals surface area contributed by atoms with Crippen molar-refractivity contribution in [1.82, 2.24) is 4.98 Å². The number of rotatable bonds is 2. The fourth-order valence-corrected chi connectivity index (χ4v) is 2.97. The number of aryl methyl sites for hydroxylation is 2. The Kier molecular flexibility index (Phi) is 3.52. The van der Waals surface area contributed by atoms with Crippen LogP contribution >= 0.6 is 23.2 Å². The molecule has 1 heterocycles. The molecule has 1 N–H and O–H groups in total. The van der Waals surface area contributed by atoms with Crippen molar-refractivity contribution in [2.45, 2.75) is 13.8 Å². The summed E-state index contributed by atoms with van der Waals surface area (Å²) in [5.41, 5.74) is 5.48. The van der Waals surface area contributed by atoms with Gasteiger partial charge in [-0.05, 0) is 37.6 Å². The van der Waals surface area contributed by atoms with Gasteiger partial charge in [0.25, 0.3) is 0 Å². The van der Waals surface area contributed by atoms with Crippen LogP contribution in [0.4, 0.5) is 0 Å². The van der Waals surface area contributed by atoms with Gasteiger partial charge in [-0.25, -0.2) is 0 Å². The molecule has 2 nitrogen and oxygen atoms in total. The Morgan fingerprint density at radius 3 is 2.48 bits per heavy atom. The first kappa shape index (κ1) is 14.2. The number of aromatic amines is 1. The fraction of sp³-hybridized carbons (Fsp3) is 0.118. The summed E-state index contributed by atoms with van der Waals surface area (Å²) in [6, 6.07) is 9.46. The van der Waals surface area contributed by atoms with Crippen LogP contribution in [0.3, 0.4) is 0 Å². The monoisotopic (exact) mass is 317 g/mol. The number of halogens is 2. The third kappa shape index (κ3) is 2.35. The van der Waals surface area contributed by atoms with Gasteiger partial charge in [0.15, 0.2) is 6.29 Å². The molecule has 2 aromatic carbocycles. The van der Waals surface area contributed by atoms with E-state index in [1.807, 2.05) is 26.0 Å². The van der Waals surface area contributed by atoms with Crippen LogP contribution in [-0.2, 0) is 0 Å². The maximum atomic E-state index is 11.6. The van der Waals surface area contributed by atoms with Crippen molar-refractivity contribution in [3.8, 4) is 11.3 Å². The highest BCUT2D eigenvalue weighted by Crippen LogP contribution is 2.34. The lowest BCUT2D eigenvalue weighted by atomic mass is 10.0. The zero-order valence-corrected chi connectivity index (χ0v) is 13.1. The predicted octanol–water partition coefficient (Wildman–Crippen LogP) is 5.57. The zero-order chi connectivity index (χ0) is 15.1. The average molecular weight is 318 g/mol. The lowest BCUT2D eigenvalue weighted by Gasteiger charge is -2.02. The molecule has 0 atom stereocenters. The van der Waals surface area contributed by atoms with Crippen LogP contribution in [0.15, 0.2) is 30.3 Å². The van der Waals surface area contributed by atoms with Crippen LogP contribution < -0.4 is 0 Å². The lowest BCUT2D eigenvalue weighted by molar-refractivity contribution is 0.112. The summed E-state index contributed by atoms with van der Waals surface area (Å²) < 4.78 is 0. The second-order valence-electron chi connectivity index (χ2n) is 5.16. The Labute approximate surface area is 132 Å². The molecule has 0 aliphatic carbocycles. The minimum Gasteiger partial charge on any atom is -0.354 e. The number of carbonyl (C=O) groups excluding carboxylic acids is 1. The smallest absolute Gasteiger partial charge is 0.152 e. The molecular weight excluding hydrogens is 305 g/mol. The molecule has 0 saturated heterocycles. The van der Waals surface area contributed by atoms with E-state index in [0.29, 0.717) is 15.6 Å². The highest BCUT2D eigenvalue weighted by atomic mass is 35.5. The molecule has 0 bridgehead atoms. The molecule has 0 unspecified atom stereocenters. The number of aldehydes is 1. The highest BCUT2D eigenvalue weighted by molar-refractivity contribution is 6.42. The number of aromatic nitrogens is 1. The van der Waals surface area contributed by atoms with Gasteiger partial charge in [-0.1, -0.05) is 40.9 Å². The van der Waals surface area contributed by atoms with Crippen LogP contribution in [-0.4, -0.2) is 11.3 Å².